The minimum absolute atomic E-state index is 0.00736. The summed E-state index contributed by atoms with van der Waals surface area (Å²) in [6.45, 7) is 7.52. The van der Waals surface area contributed by atoms with Gasteiger partial charge in [-0.2, -0.15) is 0 Å². The zero-order valence-electron chi connectivity index (χ0n) is 47.5. The molecule has 21 nitrogen and oxygen atoms in total. The van der Waals surface area contributed by atoms with Crippen molar-refractivity contribution >= 4 is 39.1 Å². The lowest BCUT2D eigenvalue weighted by atomic mass is 9.43. The summed E-state index contributed by atoms with van der Waals surface area (Å²) >= 11 is 0. The molecule has 23 aliphatic rings. The largest absolute Gasteiger partial charge is 0.497 e. The van der Waals surface area contributed by atoms with Gasteiger partial charge in [0.25, 0.3) is 0 Å². The molecule has 0 atom stereocenters. The minimum atomic E-state index is -3.24. The van der Waals surface area contributed by atoms with Crippen LogP contribution in [-0.4, -0.2) is 106 Å². The van der Waals surface area contributed by atoms with Crippen molar-refractivity contribution in [1.82, 2.24) is 0 Å². The van der Waals surface area contributed by atoms with E-state index in [-0.39, 0.29) is 27.1 Å². The second kappa shape index (κ2) is 22.3. The van der Waals surface area contributed by atoms with Gasteiger partial charge in [-0.3, -0.25) is 67.9 Å². The van der Waals surface area contributed by atoms with Gasteiger partial charge in [-0.25, -0.2) is 22.8 Å². The van der Waals surface area contributed by atoms with Crippen molar-refractivity contribution in [2.75, 3.05) is 106 Å². The Labute approximate surface area is 486 Å². The Balaban J connectivity index is 0.0000000928. The van der Waals surface area contributed by atoms with Crippen LogP contribution in [0.5, 0.6) is 5.75 Å². The smallest absolute Gasteiger partial charge is 0.474 e. The molecular formula is C57H81O21P5. The van der Waals surface area contributed by atoms with Crippen LogP contribution in [0.1, 0.15) is 120 Å². The first-order chi connectivity index (χ1) is 39.9. The Morgan fingerprint density at radius 3 is 1.14 bits per heavy atom. The van der Waals surface area contributed by atoms with Gasteiger partial charge < -0.3 is 4.74 Å². The zero-order valence-corrected chi connectivity index (χ0v) is 52.0. The van der Waals surface area contributed by atoms with Gasteiger partial charge in [0, 0.05) is 16.2 Å². The molecule has 0 radical (unpaired) electrons. The van der Waals surface area contributed by atoms with E-state index < -0.39 is 39.1 Å². The predicted octanol–water partition coefficient (Wildman–Crippen LogP) is 13.5. The Kier molecular flexibility index (Phi) is 16.0. The number of ether oxygens (including phenoxy) is 1. The number of phosphoric ester groups is 5. The van der Waals surface area contributed by atoms with E-state index in [2.05, 4.69) is 0 Å². The third kappa shape index (κ3) is 11.1. The molecular weight excluding hydrogens is 1180 g/mol. The van der Waals surface area contributed by atoms with Crippen molar-refractivity contribution < 1.29 is 95.4 Å². The third-order valence-electron chi connectivity index (χ3n) is 22.4. The van der Waals surface area contributed by atoms with Crippen molar-refractivity contribution in [2.45, 2.75) is 120 Å². The van der Waals surface area contributed by atoms with Gasteiger partial charge in [0.15, 0.2) is 0 Å². The molecule has 16 bridgehead atoms. The molecule has 2 aromatic rings. The first-order valence-corrected chi connectivity index (χ1v) is 37.6. The summed E-state index contributed by atoms with van der Waals surface area (Å²) < 4.78 is 143. The standard InChI is InChI=1S/C14H21O4P.C12H19O4P.C11H13O5P.C10H17O4P.C10H11O4P/c15-19-16-7-14(8-17-19,9-18-19)13-4-10-1-11(5-13)3-12(2-10)6-13;13-17-14-7-12(8-15-17,9-16-17)11-4-1-10(2-5-11)3-6-11;1-13-10-4-2-3-9(5-10)11-6-14-17(12,15-7-11)16-8-11;2*11-15-12-6-10(7-13-15,8-14-15)9-4-2-1-3-5-9/h10-12H,1-9H2;10H,1-9H2;2-5H,6-8H2,1H3;9H,1-8H2;1-5H,6-8H2. The third-order valence-corrected chi connectivity index (χ3v) is 29.1. The van der Waals surface area contributed by atoms with E-state index in [9.17, 15) is 22.8 Å². The van der Waals surface area contributed by atoms with Crippen molar-refractivity contribution in [3.8, 4) is 5.75 Å². The number of benzene rings is 2. The molecule has 8 aliphatic carbocycles. The highest BCUT2D eigenvalue weighted by Gasteiger charge is 2.66. The second-order valence-corrected chi connectivity index (χ2v) is 35.6. The van der Waals surface area contributed by atoms with E-state index in [1.807, 2.05) is 54.6 Å². The summed E-state index contributed by atoms with van der Waals surface area (Å²) in [7, 11) is -14.2. The number of phosphoric acid groups is 5. The highest BCUT2D eigenvalue weighted by molar-refractivity contribution is 7.49. The molecule has 0 amide bonds. The van der Waals surface area contributed by atoms with E-state index in [0.717, 1.165) is 40.5 Å². The van der Waals surface area contributed by atoms with Crippen LogP contribution in [0, 0.1) is 56.7 Å². The first kappa shape index (κ1) is 59.4. The van der Waals surface area contributed by atoms with E-state index >= 15 is 0 Å². The molecule has 0 spiro atoms. The van der Waals surface area contributed by atoms with Gasteiger partial charge in [0.1, 0.15) is 5.75 Å². The molecule has 25 rings (SSSR count). The average Bonchev–Trinajstić information content (AvgIpc) is 2.03. The first-order valence-electron chi connectivity index (χ1n) is 30.3. The average molecular weight is 1260 g/mol. The van der Waals surface area contributed by atoms with Crippen molar-refractivity contribution in [3.05, 3.63) is 65.7 Å². The van der Waals surface area contributed by atoms with Crippen molar-refractivity contribution in [1.29, 1.82) is 0 Å². The normalized spacial score (nSPS) is 49.0. The molecule has 0 N–H and O–H groups in total. The van der Waals surface area contributed by atoms with Gasteiger partial charge in [-0.05, 0) is 154 Å². The molecule has 26 heteroatoms. The van der Waals surface area contributed by atoms with Gasteiger partial charge in [-0.1, -0.05) is 61.7 Å². The van der Waals surface area contributed by atoms with Gasteiger partial charge >= 0.3 is 39.1 Å². The lowest BCUT2D eigenvalue weighted by Crippen LogP contribution is -2.62. The molecule has 23 fully saturated rings. The summed E-state index contributed by atoms with van der Waals surface area (Å²) in [5.74, 6) is 5.09. The summed E-state index contributed by atoms with van der Waals surface area (Å²) in [5.41, 5.74) is 2.08. The fourth-order valence-electron chi connectivity index (χ4n) is 17.3. The summed E-state index contributed by atoms with van der Waals surface area (Å²) in [6, 6.07) is 17.6. The molecule has 2 aromatic carbocycles. The minimum Gasteiger partial charge on any atom is -0.497 e. The van der Waals surface area contributed by atoms with Crippen LogP contribution >= 0.6 is 39.1 Å². The van der Waals surface area contributed by atoms with Crippen LogP contribution < -0.4 is 4.74 Å². The molecule has 15 aliphatic heterocycles. The summed E-state index contributed by atoms with van der Waals surface area (Å²) in [6.07, 6.45) is 22.6. The van der Waals surface area contributed by atoms with Crippen molar-refractivity contribution in [3.63, 3.8) is 0 Å². The molecule has 0 aromatic heterocycles. The predicted molar refractivity (Wildman–Crippen MR) is 298 cm³/mol. The highest BCUT2D eigenvalue weighted by Crippen LogP contribution is 2.73. The quantitative estimate of drug-likeness (QED) is 0.245. The van der Waals surface area contributed by atoms with Gasteiger partial charge in [0.2, 0.25) is 0 Å². The molecule has 15 saturated heterocycles. The maximum atomic E-state index is 11.9. The Hall–Kier alpha value is -1.21. The van der Waals surface area contributed by atoms with Gasteiger partial charge in [-0.15, -0.1) is 0 Å². The molecule has 0 unspecified atom stereocenters. The van der Waals surface area contributed by atoms with E-state index in [1.165, 1.54) is 109 Å². The lowest BCUT2D eigenvalue weighted by molar-refractivity contribution is -0.212. The van der Waals surface area contributed by atoms with E-state index in [4.69, 9.17) is 72.6 Å². The molecule has 83 heavy (non-hydrogen) atoms. The van der Waals surface area contributed by atoms with E-state index in [0.29, 0.717) is 116 Å². The van der Waals surface area contributed by atoms with Crippen molar-refractivity contribution in [2.24, 2.45) is 56.7 Å². The fraction of sp³-hybridized carbons (Fsp3) is 0.789. The Morgan fingerprint density at radius 1 is 0.373 bits per heavy atom. The highest BCUT2D eigenvalue weighted by atomic mass is 31.2. The summed E-state index contributed by atoms with van der Waals surface area (Å²) in [4.78, 5) is 0. The Bertz CT molecular complexity index is 2760. The van der Waals surface area contributed by atoms with E-state index in [1.54, 1.807) is 7.11 Å². The van der Waals surface area contributed by atoms with Crippen LogP contribution in [0.15, 0.2) is 54.6 Å². The lowest BCUT2D eigenvalue weighted by Gasteiger charge is -2.65. The van der Waals surface area contributed by atoms with Crippen LogP contribution in [-0.2, 0) is 102 Å². The van der Waals surface area contributed by atoms with Crippen LogP contribution in [0.3, 0.4) is 0 Å². The maximum Gasteiger partial charge on any atom is 0.474 e. The number of rotatable bonds is 6. The molecule has 8 saturated carbocycles. The van der Waals surface area contributed by atoms with Crippen LogP contribution in [0.25, 0.3) is 0 Å². The SMILES string of the molecule is COc1cccc(C23COP(=O)(OC2)OC3)c1.O=P12OCC(C34CC5CC(CC(C5)C3)C4)(CO1)CO2.O=P12OCC(C34CCC(CC3)CC4)(CO1)CO2.O=P12OCC(C3CCCCC3)(CO1)CO2.O=P12OCC(c3ccccc3)(CO1)CO2. The number of methoxy groups -OCH3 is 1. The number of hydrogen-bond donors (Lipinski definition) is 0. The molecule has 460 valence electrons. The number of fused-ring (bicyclic) bond motifs is 18. The fourth-order valence-corrected chi connectivity index (χ4v) is 24.5. The molecule has 15 heterocycles. The topological polar surface area (TPSA) is 233 Å². The van der Waals surface area contributed by atoms with Crippen LogP contribution in [0.2, 0.25) is 0 Å². The number of hydrogen-bond acceptors (Lipinski definition) is 21. The van der Waals surface area contributed by atoms with Gasteiger partial charge in [0.05, 0.1) is 117 Å². The Morgan fingerprint density at radius 2 is 0.735 bits per heavy atom. The monoisotopic (exact) mass is 1260 g/mol. The summed E-state index contributed by atoms with van der Waals surface area (Å²) in [5, 5.41) is 0. The zero-order chi connectivity index (χ0) is 56.9. The maximum absolute atomic E-state index is 11.9. The van der Waals surface area contributed by atoms with Crippen LogP contribution in [0.4, 0.5) is 0 Å². The second-order valence-electron chi connectivity index (χ2n) is 27.2.